The van der Waals surface area contributed by atoms with Crippen LogP contribution in [-0.2, 0) is 0 Å². The maximum atomic E-state index is 6.14. The quantitative estimate of drug-likeness (QED) is 0.0856. The molecule has 0 fully saturated rings. The predicted molar refractivity (Wildman–Crippen MR) is 434 cm³/mol. The molecule has 0 bridgehead atoms. The third-order valence-corrected chi connectivity index (χ3v) is 20.2. The van der Waals surface area contributed by atoms with Gasteiger partial charge in [-0.15, -0.1) is 0 Å². The smallest absolute Gasteiger partial charge is 0.260 e. The Bertz CT molecular complexity index is 5890. The zero-order valence-electron chi connectivity index (χ0n) is 58.4. The molecule has 0 saturated heterocycles. The SMILES string of the molecule is Cc1c2ccccc2c(C)c2ccccc12.Cc1c2ccccc2cc2cc3ccccc3cc12.Cc1cc2c3c(c1)Oc1ccccc1B3c1ccccc1O2.Cc1cc2c3ccccc3ccc2c2ccccc12.Cc1ccc2cc3cc(C)ccc3cc2c1.Cc1cccc(C)c1. The van der Waals surface area contributed by atoms with Crippen molar-refractivity contribution in [3.05, 3.63) is 366 Å². The highest BCUT2D eigenvalue weighted by atomic mass is 16.5. The van der Waals surface area contributed by atoms with E-state index in [4.69, 9.17) is 9.47 Å². The van der Waals surface area contributed by atoms with Crippen LogP contribution in [0.3, 0.4) is 0 Å². The fourth-order valence-corrected chi connectivity index (χ4v) is 15.2. The molecule has 100 heavy (non-hydrogen) atoms. The minimum atomic E-state index is 0.181. The average Bonchev–Trinajstić information content (AvgIpc) is 0.733. The second-order valence-electron chi connectivity index (χ2n) is 27.2. The van der Waals surface area contributed by atoms with E-state index in [1.807, 2.05) is 24.3 Å². The Morgan fingerprint density at radius 1 is 0.190 bits per heavy atom. The van der Waals surface area contributed by atoms with Crippen LogP contribution in [0.2, 0.25) is 0 Å². The Morgan fingerprint density at radius 2 is 0.570 bits per heavy atom. The maximum absolute atomic E-state index is 6.14. The molecule has 0 aliphatic carbocycles. The summed E-state index contributed by atoms with van der Waals surface area (Å²) in [5, 5.41) is 26.8. The molecule has 2 nitrogen and oxygen atoms in total. The molecule has 0 atom stereocenters. The van der Waals surface area contributed by atoms with Crippen LogP contribution in [0.5, 0.6) is 23.0 Å². The van der Waals surface area contributed by atoms with Gasteiger partial charge in [0.15, 0.2) is 0 Å². The zero-order chi connectivity index (χ0) is 68.5. The molecule has 0 spiro atoms. The molecule has 0 aromatic heterocycles. The van der Waals surface area contributed by atoms with Crippen LogP contribution in [-0.4, -0.2) is 6.71 Å². The first-order valence-corrected chi connectivity index (χ1v) is 34.9. The number of aryl methyl sites for hydroxylation is 9. The summed E-state index contributed by atoms with van der Waals surface area (Å²) < 4.78 is 12.3. The molecule has 0 N–H and O–H groups in total. The number of hydrogen-bond donors (Lipinski definition) is 0. The maximum Gasteiger partial charge on any atom is 0.260 e. The molecule has 0 unspecified atom stereocenters. The van der Waals surface area contributed by atoms with Crippen molar-refractivity contribution in [2.75, 3.05) is 0 Å². The molecule has 0 saturated carbocycles. The average molecular weight is 1290 g/mol. The molecule has 20 rings (SSSR count). The van der Waals surface area contributed by atoms with Crippen molar-refractivity contribution in [1.29, 1.82) is 0 Å². The van der Waals surface area contributed by atoms with E-state index >= 15 is 0 Å². The Balaban J connectivity index is 0.0000000992. The standard InChI is InChI=1S/C19H13BO2.2C19H14.2C16H14.C8H10/c1-12-10-17-19-18(11-12)22-16-9-5-3-7-14(16)20(19)13-6-2-4-8-15(13)21-17;1-13-12-19-16-8-3-2-6-14(16)10-11-18(19)17-9-5-4-7-15(13)17;1-13-18-9-5-4-8-16(18)11-17-10-14-6-2-3-7-15(14)12-19(13)17;1-11-3-5-13-10-16-8-12(2)4-6-14(16)9-15(13)7-11;1-11-13-7-3-5-9-15(13)12(2)16-10-6-4-8-14(11)16;1-7-4-3-5-8(2)6-7/h2-11H,1H3;2*2-12H,1H3;2*3-10H,1-2H3;3-6H,1-2H3. The third-order valence-electron chi connectivity index (χ3n) is 20.2. The molecule has 2 aliphatic rings. The first kappa shape index (κ1) is 64.2. The van der Waals surface area contributed by atoms with E-state index in [1.54, 1.807) is 0 Å². The third kappa shape index (κ3) is 12.8. The van der Waals surface area contributed by atoms with Crippen molar-refractivity contribution in [3.63, 3.8) is 0 Å². The lowest BCUT2D eigenvalue weighted by Crippen LogP contribution is -2.57. The molecule has 3 heteroatoms. The largest absolute Gasteiger partial charge is 0.458 e. The van der Waals surface area contributed by atoms with Crippen molar-refractivity contribution >= 4 is 131 Å². The summed E-state index contributed by atoms with van der Waals surface area (Å²) in [4.78, 5) is 0. The molecule has 2 heterocycles. The van der Waals surface area contributed by atoms with Gasteiger partial charge >= 0.3 is 0 Å². The Kier molecular flexibility index (Phi) is 17.7. The van der Waals surface area contributed by atoms with E-state index in [9.17, 15) is 0 Å². The van der Waals surface area contributed by atoms with Crippen LogP contribution in [0.15, 0.2) is 315 Å². The van der Waals surface area contributed by atoms with E-state index in [0.29, 0.717) is 0 Å². The Morgan fingerprint density at radius 3 is 1.10 bits per heavy atom. The molecule has 2 aliphatic heterocycles. The summed E-state index contributed by atoms with van der Waals surface area (Å²) in [6.07, 6.45) is 0. The van der Waals surface area contributed by atoms with Crippen molar-refractivity contribution < 1.29 is 9.47 Å². The number of rotatable bonds is 0. The van der Waals surface area contributed by atoms with E-state index < -0.39 is 0 Å². The normalized spacial score (nSPS) is 11.6. The highest BCUT2D eigenvalue weighted by Crippen LogP contribution is 2.38. The first-order chi connectivity index (χ1) is 48.8. The van der Waals surface area contributed by atoms with E-state index in [0.717, 1.165) is 34.0 Å². The molecule has 0 amide bonds. The summed E-state index contributed by atoms with van der Waals surface area (Å²) in [7, 11) is 0. The van der Waals surface area contributed by atoms with Crippen LogP contribution < -0.4 is 25.9 Å². The lowest BCUT2D eigenvalue weighted by molar-refractivity contribution is 0.464. The van der Waals surface area contributed by atoms with Crippen LogP contribution in [0.4, 0.5) is 0 Å². The highest BCUT2D eigenvalue weighted by Gasteiger charge is 2.39. The monoisotopic (exact) mass is 1290 g/mol. The van der Waals surface area contributed by atoms with Gasteiger partial charge in [-0.3, -0.25) is 0 Å². The van der Waals surface area contributed by atoms with Gasteiger partial charge in [0.1, 0.15) is 23.0 Å². The topological polar surface area (TPSA) is 18.5 Å². The van der Waals surface area contributed by atoms with Gasteiger partial charge in [-0.1, -0.05) is 283 Å². The van der Waals surface area contributed by atoms with Gasteiger partial charge in [-0.25, -0.2) is 0 Å². The number of para-hydroxylation sites is 2. The van der Waals surface area contributed by atoms with Crippen LogP contribution in [0, 0.1) is 62.3 Å². The van der Waals surface area contributed by atoms with Gasteiger partial charge in [0, 0.05) is 5.46 Å². The van der Waals surface area contributed by atoms with Gasteiger partial charge in [-0.2, -0.15) is 0 Å². The van der Waals surface area contributed by atoms with Crippen LogP contribution in [0.1, 0.15) is 50.1 Å². The van der Waals surface area contributed by atoms with Crippen molar-refractivity contribution in [1.82, 2.24) is 0 Å². The number of ether oxygens (including phenoxy) is 2. The Hall–Kier alpha value is -11.8. The fourth-order valence-electron chi connectivity index (χ4n) is 15.2. The van der Waals surface area contributed by atoms with Gasteiger partial charge in [0.2, 0.25) is 0 Å². The summed E-state index contributed by atoms with van der Waals surface area (Å²) in [5.41, 5.74) is 15.5. The lowest BCUT2D eigenvalue weighted by Gasteiger charge is -2.33. The summed E-state index contributed by atoms with van der Waals surface area (Å²) >= 11 is 0. The Labute approximate surface area is 587 Å². The van der Waals surface area contributed by atoms with Gasteiger partial charge in [-0.05, 0) is 263 Å². The summed E-state index contributed by atoms with van der Waals surface area (Å²) in [6.45, 7) is 19.6. The number of hydrogen-bond acceptors (Lipinski definition) is 2. The van der Waals surface area contributed by atoms with E-state index in [1.165, 1.54) is 163 Å². The molecule has 18 aromatic rings. The number of benzene rings is 18. The first-order valence-electron chi connectivity index (χ1n) is 34.9. The zero-order valence-corrected chi connectivity index (χ0v) is 58.4. The highest BCUT2D eigenvalue weighted by molar-refractivity contribution is 6.98. The minimum Gasteiger partial charge on any atom is -0.458 e. The van der Waals surface area contributed by atoms with Gasteiger partial charge in [0.25, 0.3) is 6.71 Å². The van der Waals surface area contributed by atoms with Gasteiger partial charge < -0.3 is 9.47 Å². The van der Waals surface area contributed by atoms with Gasteiger partial charge in [0.05, 0.1) is 0 Å². The summed E-state index contributed by atoms with van der Waals surface area (Å²) in [5.74, 6) is 3.70. The minimum absolute atomic E-state index is 0.181. The van der Waals surface area contributed by atoms with Crippen LogP contribution in [0.25, 0.3) is 108 Å². The molecule has 0 radical (unpaired) electrons. The summed E-state index contributed by atoms with van der Waals surface area (Å²) in [6, 6.07) is 112. The van der Waals surface area contributed by atoms with Crippen molar-refractivity contribution in [2.45, 2.75) is 62.3 Å². The second kappa shape index (κ2) is 27.6. The van der Waals surface area contributed by atoms with E-state index in [-0.39, 0.29) is 6.71 Å². The predicted octanol–water partition coefficient (Wildman–Crippen LogP) is 25.2. The van der Waals surface area contributed by atoms with E-state index in [2.05, 4.69) is 353 Å². The fraction of sp³-hybridized carbons (Fsp3) is 0.0928. The number of fused-ring (bicyclic) bond motifs is 16. The van der Waals surface area contributed by atoms with Crippen LogP contribution >= 0.6 is 0 Å². The molecular formula is C97H79BO2. The van der Waals surface area contributed by atoms with Crippen molar-refractivity contribution in [2.24, 2.45) is 0 Å². The molecule has 18 aromatic carbocycles. The van der Waals surface area contributed by atoms with Crippen molar-refractivity contribution in [3.8, 4) is 23.0 Å². The molecular weight excluding hydrogens is 1210 g/mol. The molecule has 482 valence electrons. The second-order valence-corrected chi connectivity index (χ2v) is 27.2. The lowest BCUT2D eigenvalue weighted by atomic mass is 9.35.